The number of para-hydroxylation sites is 1. The third-order valence-electron chi connectivity index (χ3n) is 20.0. The van der Waals surface area contributed by atoms with Gasteiger partial charge in [-0.2, -0.15) is 0 Å². The highest BCUT2D eigenvalue weighted by Crippen LogP contribution is 2.64. The van der Waals surface area contributed by atoms with E-state index in [1.165, 1.54) is 56.5 Å². The first-order chi connectivity index (χ1) is 44.8. The van der Waals surface area contributed by atoms with Crippen molar-refractivity contribution in [2.75, 3.05) is 13.2 Å². The summed E-state index contributed by atoms with van der Waals surface area (Å²) in [5.41, 5.74) is -7.42. The molecule has 12 rings (SSSR count). The van der Waals surface area contributed by atoms with Crippen molar-refractivity contribution in [1.29, 1.82) is 0 Å². The zero-order valence-corrected chi connectivity index (χ0v) is 52.6. The first-order valence-electron chi connectivity index (χ1n) is 31.1. The molecular weight excluding hydrogens is 1210 g/mol. The molecule has 2 aliphatic heterocycles. The van der Waals surface area contributed by atoms with E-state index >= 15 is 9.59 Å². The highest BCUT2D eigenvalue weighted by Gasteiger charge is 2.78. The van der Waals surface area contributed by atoms with Crippen LogP contribution in [0, 0.1) is 16.7 Å². The number of benzene rings is 4. The van der Waals surface area contributed by atoms with Crippen LogP contribution >= 0.6 is 0 Å². The number of amides is 1. The van der Waals surface area contributed by atoms with E-state index < -0.39 is 142 Å². The zero-order chi connectivity index (χ0) is 67.0. The number of fused-ring (bicyclic) bond motifs is 10. The van der Waals surface area contributed by atoms with Gasteiger partial charge in [0.2, 0.25) is 11.7 Å². The zero-order valence-electron chi connectivity index (χ0n) is 52.6. The molecule has 1 amide bonds. The van der Waals surface area contributed by atoms with Crippen molar-refractivity contribution < 1.29 is 86.8 Å². The maximum absolute atomic E-state index is 16.0. The average Bonchev–Trinajstić information content (AvgIpc) is 0.704. The lowest BCUT2D eigenvalue weighted by atomic mass is 9.44. The Morgan fingerprint density at radius 2 is 1.50 bits per heavy atom. The minimum absolute atomic E-state index is 0.0156. The quantitative estimate of drug-likeness (QED) is 0.0363. The number of carbonyl (C=O) groups excluding carboxylic acids is 8. The minimum atomic E-state index is -2.54. The maximum Gasteiger partial charge on any atom is 0.350 e. The Kier molecular flexibility index (Phi) is 16.8. The van der Waals surface area contributed by atoms with Gasteiger partial charge >= 0.3 is 35.8 Å². The van der Waals surface area contributed by atoms with Crippen LogP contribution in [-0.2, 0) is 80.7 Å². The molecule has 4 heterocycles. The van der Waals surface area contributed by atoms with Crippen LogP contribution in [0.4, 0.5) is 0 Å². The molecule has 6 aliphatic rings. The van der Waals surface area contributed by atoms with E-state index in [1.54, 1.807) is 104 Å². The Labute approximate surface area is 539 Å². The van der Waals surface area contributed by atoms with Crippen molar-refractivity contribution in [2.45, 2.75) is 147 Å². The van der Waals surface area contributed by atoms with Gasteiger partial charge in [-0.1, -0.05) is 106 Å². The third kappa shape index (κ3) is 10.6. The Morgan fingerprint density at radius 3 is 2.15 bits per heavy atom. The molecule has 23 heteroatoms. The number of esters is 6. The standard InChI is InChI=1S/C71H70N4O19/c1-8-69(86)50-31-45-46(63(82)75(50)36-89-66(69)85)30-44-47(43-26-18-19-27-48(43)73-56(44)45)34-72-29-28-53(79)92-58(55(40-20-12-9-13-21-40)74-62(81)41-22-14-10-15-23-41)65(84)91-49-33-71(87)61(93-64(83)42-24-16-11-17-25-42)59-68(7,51(78)32-52-70(59,35-88-52)94-39(4)77)60(80)57(90-38(3)76)54(37(49)2)67(71,5)6/h9-27,31,34,49,51-52,55,57-59,61,78,86-87H,8,28-30,32-33,35-36H2,1-7H3,(H,74,81)/t49-,51-,52+,55-,57+,58+,59?,61-,68+,69-,70-,71+/m0/s1. The number of aromatic nitrogens is 2. The van der Waals surface area contributed by atoms with Crippen LogP contribution in [-0.4, -0.2) is 140 Å². The van der Waals surface area contributed by atoms with Gasteiger partial charge in [-0.05, 0) is 78.9 Å². The van der Waals surface area contributed by atoms with Gasteiger partial charge in [0.15, 0.2) is 24.2 Å². The fourth-order valence-electron chi connectivity index (χ4n) is 15.0. The van der Waals surface area contributed by atoms with Crippen molar-refractivity contribution >= 4 is 64.6 Å². The molecular formula is C71H70N4O19. The Balaban J connectivity index is 0.925. The monoisotopic (exact) mass is 1280 g/mol. The molecule has 3 fully saturated rings. The summed E-state index contributed by atoms with van der Waals surface area (Å²) in [5.74, 6) is -9.19. The van der Waals surface area contributed by atoms with Gasteiger partial charge < -0.3 is 53.8 Å². The summed E-state index contributed by atoms with van der Waals surface area (Å²) in [6.07, 6.45) is -10.2. The van der Waals surface area contributed by atoms with Crippen LogP contribution in [0.25, 0.3) is 22.2 Å². The van der Waals surface area contributed by atoms with Crippen molar-refractivity contribution in [3.63, 3.8) is 0 Å². The normalized spacial score (nSPS) is 27.6. The second kappa shape index (κ2) is 24.4. The molecule has 1 unspecified atom stereocenters. The molecule has 0 spiro atoms. The second-order valence-corrected chi connectivity index (χ2v) is 25.6. The van der Waals surface area contributed by atoms with Crippen molar-refractivity contribution in [1.82, 2.24) is 14.9 Å². The number of nitrogens with zero attached hydrogens (tertiary/aromatic N) is 3. The number of carbonyl (C=O) groups is 8. The number of pyridine rings is 2. The highest BCUT2D eigenvalue weighted by atomic mass is 16.6. The lowest BCUT2D eigenvalue weighted by Crippen LogP contribution is -2.82. The van der Waals surface area contributed by atoms with E-state index in [2.05, 4.69) is 10.3 Å². The summed E-state index contributed by atoms with van der Waals surface area (Å²) in [5, 5.41) is 41.6. The number of hydrogen-bond donors (Lipinski definition) is 4. The number of Topliss-reactive ketones (excluding diaryl/α,β-unsaturated/α-hetero) is 1. The Bertz CT molecular complexity index is 4250. The number of rotatable bonds is 16. The Morgan fingerprint density at radius 1 is 0.840 bits per heavy atom. The first kappa shape index (κ1) is 64.6. The van der Waals surface area contributed by atoms with Gasteiger partial charge in [0.1, 0.15) is 30.0 Å². The largest absolute Gasteiger partial charge is 0.455 e. The molecule has 4 aromatic carbocycles. The van der Waals surface area contributed by atoms with Gasteiger partial charge in [-0.3, -0.25) is 38.3 Å². The number of cyclic esters (lactones) is 1. The van der Waals surface area contributed by atoms with E-state index in [0.717, 1.165) is 13.8 Å². The van der Waals surface area contributed by atoms with Gasteiger partial charge in [0, 0.05) is 78.9 Å². The van der Waals surface area contributed by atoms with E-state index in [1.807, 2.05) is 6.07 Å². The van der Waals surface area contributed by atoms with Crippen LogP contribution < -0.4 is 10.9 Å². The highest BCUT2D eigenvalue weighted by molar-refractivity contribution is 6.04. The molecule has 6 aromatic rings. The minimum Gasteiger partial charge on any atom is -0.455 e. The first-order valence-corrected chi connectivity index (χ1v) is 31.1. The van der Waals surface area contributed by atoms with Crippen molar-refractivity contribution in [3.8, 4) is 11.3 Å². The molecule has 4 N–H and O–H groups in total. The van der Waals surface area contributed by atoms with Crippen molar-refractivity contribution in [2.24, 2.45) is 21.7 Å². The summed E-state index contributed by atoms with van der Waals surface area (Å²) in [4.78, 5) is 139. The lowest BCUT2D eigenvalue weighted by Gasteiger charge is -2.67. The number of aliphatic imine (C=N–C) groups is 1. The smallest absolute Gasteiger partial charge is 0.350 e. The lowest BCUT2D eigenvalue weighted by molar-refractivity contribution is -0.346. The molecule has 94 heavy (non-hydrogen) atoms. The molecule has 488 valence electrons. The number of aliphatic hydroxyl groups is 3. The van der Waals surface area contributed by atoms with Gasteiger partial charge in [0.25, 0.3) is 11.5 Å². The number of aliphatic hydroxyl groups excluding tert-OH is 1. The molecule has 4 aliphatic carbocycles. The fourth-order valence-corrected chi connectivity index (χ4v) is 15.0. The van der Waals surface area contributed by atoms with Crippen LogP contribution in [0.1, 0.15) is 129 Å². The summed E-state index contributed by atoms with van der Waals surface area (Å²) in [6.45, 7) is 8.74. The van der Waals surface area contributed by atoms with E-state index in [0.29, 0.717) is 38.9 Å². The summed E-state index contributed by atoms with van der Waals surface area (Å²) in [6, 6.07) is 31.2. The third-order valence-corrected chi connectivity index (χ3v) is 20.0. The molecule has 2 saturated carbocycles. The van der Waals surface area contributed by atoms with Gasteiger partial charge in [0.05, 0.1) is 52.9 Å². The molecule has 2 aromatic heterocycles. The Hall–Kier alpha value is -9.55. The molecule has 2 bridgehead atoms. The van der Waals surface area contributed by atoms with Gasteiger partial charge in [-0.25, -0.2) is 19.4 Å². The molecule has 0 radical (unpaired) electrons. The van der Waals surface area contributed by atoms with E-state index in [9.17, 15) is 48.9 Å². The van der Waals surface area contributed by atoms with Crippen LogP contribution in [0.2, 0.25) is 0 Å². The predicted octanol–water partition coefficient (Wildman–Crippen LogP) is 6.19. The summed E-state index contributed by atoms with van der Waals surface area (Å²) < 4.78 is 43.9. The SMILES string of the molecule is CC[C@@]1(O)C(=O)OCn2c1cc1c(c2=O)Cc2c-1nc1ccccc1c2C=NCCC(=O)O[C@@H](C(=O)O[C@H]1C[C@@]2(O)[C@@H](OC(=O)c3ccccc3)C3[C@](C)(C(=O)[C@H](OC(C)=O)C(=C1C)C2(C)C)[C@@H](O)C[C@H]1OC[C@@]31OC(C)=O)[C@@H](NC(=O)c1ccccc1)c1ccccc1. The number of nitrogens with one attached hydrogen (secondary N) is 1. The van der Waals surface area contributed by atoms with E-state index in [-0.39, 0.29) is 72.7 Å². The molecule has 12 atom stereocenters. The number of hydrogen-bond acceptors (Lipinski definition) is 21. The van der Waals surface area contributed by atoms with Crippen LogP contribution in [0.3, 0.4) is 0 Å². The fraction of sp³-hybridized carbons (Fsp3) is 0.394. The average molecular weight is 1280 g/mol. The topological polar surface area (TPSA) is 321 Å². The second-order valence-electron chi connectivity index (χ2n) is 25.6. The van der Waals surface area contributed by atoms with E-state index in [4.69, 9.17) is 38.1 Å². The van der Waals surface area contributed by atoms with Gasteiger partial charge in [-0.15, -0.1) is 0 Å². The summed E-state index contributed by atoms with van der Waals surface area (Å²) >= 11 is 0. The summed E-state index contributed by atoms with van der Waals surface area (Å²) in [7, 11) is 0. The molecule has 1 saturated heterocycles. The van der Waals surface area contributed by atoms with Crippen LogP contribution in [0.5, 0.6) is 0 Å². The molecule has 23 nitrogen and oxygen atoms in total. The van der Waals surface area contributed by atoms with Crippen LogP contribution in [0.15, 0.2) is 142 Å². The van der Waals surface area contributed by atoms with Crippen molar-refractivity contribution in [3.05, 3.63) is 182 Å². The number of ketones is 1. The maximum atomic E-state index is 16.0. The number of ether oxygens (including phenoxy) is 7. The predicted molar refractivity (Wildman–Crippen MR) is 333 cm³/mol.